The van der Waals surface area contributed by atoms with Gasteiger partial charge in [-0.05, 0) is 23.8 Å². The summed E-state index contributed by atoms with van der Waals surface area (Å²) in [5.41, 5.74) is -0.925. The predicted molar refractivity (Wildman–Crippen MR) is 82.0 cm³/mol. The molecule has 0 bridgehead atoms. The normalized spacial score (nSPS) is 12.1. The highest BCUT2D eigenvalue weighted by Crippen LogP contribution is 2.24. The Kier molecular flexibility index (Phi) is 5.44. The molecule has 2 rings (SSSR count). The number of rotatable bonds is 4. The molecule has 2 aromatic carbocycles. The van der Waals surface area contributed by atoms with Crippen LogP contribution >= 0.6 is 15.9 Å². The second-order valence-electron chi connectivity index (χ2n) is 4.72. The lowest BCUT2D eigenvalue weighted by atomic mass is 10.1. The molecule has 0 saturated carbocycles. The number of benzene rings is 2. The third-order valence-electron chi connectivity index (χ3n) is 2.97. The van der Waals surface area contributed by atoms with E-state index >= 15 is 0 Å². The molecule has 24 heavy (non-hydrogen) atoms. The van der Waals surface area contributed by atoms with Crippen molar-refractivity contribution in [3.05, 3.63) is 74.4 Å². The van der Waals surface area contributed by atoms with E-state index in [2.05, 4.69) is 15.9 Å². The molecule has 0 fully saturated rings. The van der Waals surface area contributed by atoms with Crippen molar-refractivity contribution in [1.29, 1.82) is 0 Å². The molecule has 0 unspecified atom stereocenters. The standard InChI is InChI=1S/C15H8BrF5O2S/c16-9-3-1-8(2-4-9)7-24(22,23)6-5-10-11(17)13(19)15(21)14(20)12(10)18/h1-6H,7H2/b6-5+. The summed E-state index contributed by atoms with van der Waals surface area (Å²) >= 11 is 3.17. The van der Waals surface area contributed by atoms with Crippen LogP contribution < -0.4 is 0 Å². The van der Waals surface area contributed by atoms with Crippen molar-refractivity contribution in [2.75, 3.05) is 0 Å². The van der Waals surface area contributed by atoms with Gasteiger partial charge in [0.25, 0.3) is 0 Å². The van der Waals surface area contributed by atoms with Crippen molar-refractivity contribution in [2.24, 2.45) is 0 Å². The van der Waals surface area contributed by atoms with E-state index in [1.54, 1.807) is 12.1 Å². The fourth-order valence-electron chi connectivity index (χ4n) is 1.80. The summed E-state index contributed by atoms with van der Waals surface area (Å²) in [6.07, 6.45) is 0.352. The van der Waals surface area contributed by atoms with Crippen LogP contribution in [0.2, 0.25) is 0 Å². The van der Waals surface area contributed by atoms with Crippen LogP contribution in [0.4, 0.5) is 22.0 Å². The van der Waals surface area contributed by atoms with E-state index in [1.165, 1.54) is 12.1 Å². The first-order chi connectivity index (χ1) is 11.1. The maximum atomic E-state index is 13.5. The van der Waals surface area contributed by atoms with Crippen LogP contribution in [0.5, 0.6) is 0 Å². The van der Waals surface area contributed by atoms with Gasteiger partial charge in [0.05, 0.1) is 11.3 Å². The third-order valence-corrected chi connectivity index (χ3v) is 4.78. The molecule has 2 nitrogen and oxygen atoms in total. The average molecular weight is 427 g/mol. The summed E-state index contributed by atoms with van der Waals surface area (Å²) in [5, 5.41) is 0.410. The zero-order valence-corrected chi connectivity index (χ0v) is 14.1. The molecule has 0 N–H and O–H groups in total. The summed E-state index contributed by atoms with van der Waals surface area (Å²) in [5.74, 6) is -11.3. The van der Waals surface area contributed by atoms with Crippen molar-refractivity contribution in [1.82, 2.24) is 0 Å². The summed E-state index contributed by atoms with van der Waals surface area (Å²) in [6, 6.07) is 6.21. The molecule has 0 aliphatic rings. The Hall–Kier alpha value is -1.74. The van der Waals surface area contributed by atoms with Gasteiger partial charge < -0.3 is 0 Å². The first-order valence-corrected chi connectivity index (χ1v) is 8.80. The van der Waals surface area contributed by atoms with Gasteiger partial charge in [-0.2, -0.15) is 0 Å². The van der Waals surface area contributed by atoms with Gasteiger partial charge in [-0.3, -0.25) is 0 Å². The molecule has 9 heteroatoms. The molecule has 0 aromatic heterocycles. The van der Waals surface area contributed by atoms with Crippen molar-refractivity contribution >= 4 is 31.8 Å². The Balaban J connectivity index is 2.35. The molecule has 0 radical (unpaired) electrons. The predicted octanol–water partition coefficient (Wildman–Crippen LogP) is 4.73. The first-order valence-electron chi connectivity index (χ1n) is 6.29. The molecule has 0 saturated heterocycles. The fourth-order valence-corrected chi connectivity index (χ4v) is 3.16. The van der Waals surface area contributed by atoms with Crippen LogP contribution in [0.25, 0.3) is 6.08 Å². The zero-order valence-electron chi connectivity index (χ0n) is 11.7. The minimum atomic E-state index is -3.98. The Morgan fingerprint density at radius 2 is 1.29 bits per heavy atom. The summed E-state index contributed by atoms with van der Waals surface area (Å²) in [4.78, 5) is 0. The maximum Gasteiger partial charge on any atom is 0.200 e. The first kappa shape index (κ1) is 18.6. The monoisotopic (exact) mass is 426 g/mol. The van der Waals surface area contributed by atoms with Gasteiger partial charge in [0.1, 0.15) is 0 Å². The average Bonchev–Trinajstić information content (AvgIpc) is 2.53. The van der Waals surface area contributed by atoms with Gasteiger partial charge >= 0.3 is 0 Å². The van der Waals surface area contributed by atoms with Crippen molar-refractivity contribution < 1.29 is 30.4 Å². The van der Waals surface area contributed by atoms with E-state index in [-0.39, 0.29) is 0 Å². The van der Waals surface area contributed by atoms with Crippen molar-refractivity contribution in [3.63, 3.8) is 0 Å². The van der Waals surface area contributed by atoms with Crippen molar-refractivity contribution in [2.45, 2.75) is 5.75 Å². The maximum absolute atomic E-state index is 13.5. The van der Waals surface area contributed by atoms with Gasteiger partial charge in [-0.15, -0.1) is 0 Å². The molecule has 0 aliphatic carbocycles. The van der Waals surface area contributed by atoms with Crippen LogP contribution in [-0.2, 0) is 15.6 Å². The quantitative estimate of drug-likeness (QED) is 0.402. The minimum Gasteiger partial charge on any atom is -0.224 e. The Bertz CT molecular complexity index is 879. The topological polar surface area (TPSA) is 34.1 Å². The lowest BCUT2D eigenvalue weighted by Crippen LogP contribution is -2.05. The largest absolute Gasteiger partial charge is 0.224 e. The van der Waals surface area contributed by atoms with Gasteiger partial charge in [0.15, 0.2) is 33.1 Å². The highest BCUT2D eigenvalue weighted by atomic mass is 79.9. The van der Waals surface area contributed by atoms with Crippen LogP contribution in [0.3, 0.4) is 0 Å². The third kappa shape index (κ3) is 4.02. The molecular weight excluding hydrogens is 419 g/mol. The number of halogens is 6. The van der Waals surface area contributed by atoms with Crippen LogP contribution in [0, 0.1) is 29.1 Å². The Labute approximate surface area is 142 Å². The smallest absolute Gasteiger partial charge is 0.200 e. The molecule has 2 aromatic rings. The van der Waals surface area contributed by atoms with Crippen LogP contribution in [0.15, 0.2) is 34.1 Å². The van der Waals surface area contributed by atoms with E-state index < -0.39 is 50.2 Å². The number of sulfone groups is 1. The van der Waals surface area contributed by atoms with Crippen LogP contribution in [-0.4, -0.2) is 8.42 Å². The van der Waals surface area contributed by atoms with E-state index in [1.807, 2.05) is 0 Å². The Morgan fingerprint density at radius 3 is 1.79 bits per heavy atom. The lowest BCUT2D eigenvalue weighted by Gasteiger charge is -2.04. The molecule has 128 valence electrons. The van der Waals surface area contributed by atoms with E-state index in [9.17, 15) is 30.4 Å². The highest BCUT2D eigenvalue weighted by molar-refractivity contribution is 9.10. The molecule has 0 spiro atoms. The van der Waals surface area contributed by atoms with E-state index in [4.69, 9.17) is 0 Å². The van der Waals surface area contributed by atoms with Crippen molar-refractivity contribution in [3.8, 4) is 0 Å². The Morgan fingerprint density at radius 1 is 0.833 bits per heavy atom. The fraction of sp³-hybridized carbons (Fsp3) is 0.0667. The lowest BCUT2D eigenvalue weighted by molar-refractivity contribution is 0.377. The molecule has 0 amide bonds. The van der Waals surface area contributed by atoms with E-state index in [0.717, 1.165) is 4.47 Å². The molecule has 0 atom stereocenters. The second kappa shape index (κ2) is 7.02. The number of hydrogen-bond acceptors (Lipinski definition) is 2. The number of hydrogen-bond donors (Lipinski definition) is 0. The zero-order chi connectivity index (χ0) is 18.1. The SMILES string of the molecule is O=S(=O)(/C=C/c1c(F)c(F)c(F)c(F)c1F)Cc1ccc(Br)cc1. The van der Waals surface area contributed by atoms with Gasteiger partial charge in [-0.25, -0.2) is 30.4 Å². The van der Waals surface area contributed by atoms with Gasteiger partial charge in [0.2, 0.25) is 5.82 Å². The van der Waals surface area contributed by atoms with Gasteiger partial charge in [-0.1, -0.05) is 28.1 Å². The summed E-state index contributed by atoms with van der Waals surface area (Å²) < 4.78 is 90.5. The summed E-state index contributed by atoms with van der Waals surface area (Å²) in [7, 11) is -3.98. The molecule has 0 heterocycles. The molecular formula is C15H8BrF5O2S. The van der Waals surface area contributed by atoms with Crippen LogP contribution in [0.1, 0.15) is 11.1 Å². The summed E-state index contributed by atoms with van der Waals surface area (Å²) in [6.45, 7) is 0. The second-order valence-corrected chi connectivity index (χ2v) is 7.52. The minimum absolute atomic E-state index is 0.352. The molecule has 0 aliphatic heterocycles. The van der Waals surface area contributed by atoms with Gasteiger partial charge in [0, 0.05) is 9.88 Å². The van der Waals surface area contributed by atoms with E-state index in [0.29, 0.717) is 17.0 Å². The highest BCUT2D eigenvalue weighted by Gasteiger charge is 2.24.